The lowest BCUT2D eigenvalue weighted by molar-refractivity contribution is -0.150. The smallest absolute Gasteiger partial charge is 0.352 e. The van der Waals surface area contributed by atoms with Crippen LogP contribution in [-0.4, -0.2) is 81.2 Å². The molecule has 3 atom stereocenters. The average molecular weight is 524 g/mol. The number of aromatic nitrogens is 4. The van der Waals surface area contributed by atoms with Crippen molar-refractivity contribution in [2.24, 2.45) is 12.8 Å². The number of carbonyl (C=O) groups is 3. The summed E-state index contributed by atoms with van der Waals surface area (Å²) in [6, 6.07) is 6.00. The van der Waals surface area contributed by atoms with Gasteiger partial charge in [-0.15, -0.1) is 16.9 Å². The molecule has 4 N–H and O–H groups in total. The van der Waals surface area contributed by atoms with E-state index < -0.39 is 40.4 Å². The Bertz CT molecular complexity index is 1160. The lowest BCUT2D eigenvalue weighted by Crippen LogP contribution is -2.71. The molecule has 2 amide bonds. The number of amides is 2. The molecule has 1 fully saturated rings. The first-order chi connectivity index (χ1) is 16.3. The van der Waals surface area contributed by atoms with E-state index in [1.54, 1.807) is 31.3 Å². The Hall–Kier alpha value is -2.59. The first-order valence-corrected chi connectivity index (χ1v) is 13.4. The molecule has 2 aliphatic rings. The molecule has 12 nitrogen and oxygen atoms in total. The van der Waals surface area contributed by atoms with Crippen molar-refractivity contribution in [1.82, 2.24) is 30.4 Å². The van der Waals surface area contributed by atoms with Crippen molar-refractivity contribution in [2.75, 3.05) is 17.3 Å². The summed E-state index contributed by atoms with van der Waals surface area (Å²) in [6.07, 6.45) is 0. The zero-order valence-electron chi connectivity index (χ0n) is 17.9. The summed E-state index contributed by atoms with van der Waals surface area (Å²) in [5.74, 6) is -1.94. The maximum absolute atomic E-state index is 12.8. The third-order valence-electron chi connectivity index (χ3n) is 5.22. The van der Waals surface area contributed by atoms with E-state index >= 15 is 0 Å². The molecular formula is C19H21N7O5S3. The van der Waals surface area contributed by atoms with Crippen LogP contribution in [-0.2, 0) is 39.2 Å². The summed E-state index contributed by atoms with van der Waals surface area (Å²) in [5, 5.41) is 23.5. The topological polar surface area (TPSA) is 179 Å². The number of carboxylic acid groups (broad SMARTS) is 1. The Morgan fingerprint density at radius 2 is 2.18 bits per heavy atom. The molecule has 0 bridgehead atoms. The molecule has 2 aliphatic heterocycles. The lowest BCUT2D eigenvalue weighted by atomic mass is 10.0. The van der Waals surface area contributed by atoms with Gasteiger partial charge in [-0.05, 0) is 33.2 Å². The number of hydrogen-bond acceptors (Lipinski definition) is 10. The van der Waals surface area contributed by atoms with Gasteiger partial charge in [0, 0.05) is 30.7 Å². The monoisotopic (exact) mass is 523 g/mol. The second-order valence-electron chi connectivity index (χ2n) is 7.39. The molecule has 180 valence electrons. The number of β-lactam (4-membered cyclic amide) rings is 1. The summed E-state index contributed by atoms with van der Waals surface area (Å²) in [6.45, 7) is 0.191. The van der Waals surface area contributed by atoms with Gasteiger partial charge in [-0.3, -0.25) is 14.5 Å². The van der Waals surface area contributed by atoms with Crippen LogP contribution in [0.4, 0.5) is 0 Å². The molecule has 0 saturated carbocycles. The molecule has 1 aromatic carbocycles. The zero-order chi connectivity index (χ0) is 24.4. The SMILES string of the molecule is Cn1nnnc1SCC1=C(C(=O)O)N2C(=O)C(NC(=O)C[S+]([O-])c3ccccc3CN)[C@H]2SC1. The highest BCUT2D eigenvalue weighted by Gasteiger charge is 2.54. The Labute approximate surface area is 205 Å². The zero-order valence-corrected chi connectivity index (χ0v) is 20.4. The lowest BCUT2D eigenvalue weighted by Gasteiger charge is -2.49. The quantitative estimate of drug-likeness (QED) is 0.215. The fourth-order valence-electron chi connectivity index (χ4n) is 3.60. The molecule has 1 aromatic heterocycles. The average Bonchev–Trinajstić information content (AvgIpc) is 3.24. The number of tetrazole rings is 1. The number of nitrogens with one attached hydrogen (secondary N) is 1. The molecule has 4 rings (SSSR count). The van der Waals surface area contributed by atoms with E-state index in [0.29, 0.717) is 32.7 Å². The van der Waals surface area contributed by atoms with Crippen molar-refractivity contribution >= 4 is 52.5 Å². The summed E-state index contributed by atoms with van der Waals surface area (Å²) in [7, 11) is 1.67. The van der Waals surface area contributed by atoms with Gasteiger partial charge in [0.05, 0.1) is 0 Å². The summed E-state index contributed by atoms with van der Waals surface area (Å²) in [4.78, 5) is 39.0. The van der Waals surface area contributed by atoms with Gasteiger partial charge in [0.25, 0.3) is 11.8 Å². The van der Waals surface area contributed by atoms with Crippen molar-refractivity contribution in [1.29, 1.82) is 0 Å². The molecule has 2 unspecified atom stereocenters. The Morgan fingerprint density at radius 1 is 1.41 bits per heavy atom. The Morgan fingerprint density at radius 3 is 2.85 bits per heavy atom. The number of nitrogens with two attached hydrogens (primary N) is 1. The molecule has 0 aliphatic carbocycles. The van der Waals surface area contributed by atoms with Gasteiger partial charge < -0.3 is 20.7 Å². The van der Waals surface area contributed by atoms with Crippen LogP contribution in [0.25, 0.3) is 0 Å². The van der Waals surface area contributed by atoms with Crippen LogP contribution in [0.5, 0.6) is 0 Å². The highest BCUT2D eigenvalue weighted by molar-refractivity contribution is 8.01. The predicted octanol–water partition coefficient (Wildman–Crippen LogP) is -0.693. The molecule has 3 heterocycles. The van der Waals surface area contributed by atoms with Crippen molar-refractivity contribution < 1.29 is 24.0 Å². The Balaban J connectivity index is 1.41. The van der Waals surface area contributed by atoms with Crippen molar-refractivity contribution in [3.63, 3.8) is 0 Å². The van der Waals surface area contributed by atoms with Crippen molar-refractivity contribution in [2.45, 2.75) is 28.0 Å². The number of fused-ring (bicyclic) bond motifs is 1. The largest absolute Gasteiger partial charge is 0.611 e. The highest BCUT2D eigenvalue weighted by atomic mass is 32.2. The van der Waals surface area contributed by atoms with Crippen LogP contribution >= 0.6 is 23.5 Å². The van der Waals surface area contributed by atoms with Gasteiger partial charge in [0.1, 0.15) is 17.1 Å². The number of benzene rings is 1. The van der Waals surface area contributed by atoms with Crippen LogP contribution in [0.1, 0.15) is 5.56 Å². The fraction of sp³-hybridized carbons (Fsp3) is 0.368. The minimum absolute atomic E-state index is 0.0812. The van der Waals surface area contributed by atoms with Gasteiger partial charge in [-0.1, -0.05) is 30.0 Å². The van der Waals surface area contributed by atoms with Crippen LogP contribution in [0.15, 0.2) is 45.6 Å². The number of aliphatic carboxylic acids is 1. The van der Waals surface area contributed by atoms with E-state index in [1.807, 2.05) is 0 Å². The van der Waals surface area contributed by atoms with Gasteiger partial charge in [0.2, 0.25) is 5.16 Å². The van der Waals surface area contributed by atoms with Gasteiger partial charge in [0.15, 0.2) is 10.6 Å². The number of rotatable bonds is 9. The maximum Gasteiger partial charge on any atom is 0.352 e. The first-order valence-electron chi connectivity index (χ1n) is 10.0. The minimum Gasteiger partial charge on any atom is -0.611 e. The number of thioether (sulfide) groups is 2. The van der Waals surface area contributed by atoms with E-state index in [0.717, 1.165) is 0 Å². The third kappa shape index (κ3) is 4.79. The number of hydrogen-bond donors (Lipinski definition) is 3. The van der Waals surface area contributed by atoms with Gasteiger partial charge in [-0.25, -0.2) is 9.48 Å². The molecule has 1 saturated heterocycles. The molecule has 15 heteroatoms. The minimum atomic E-state index is -1.63. The summed E-state index contributed by atoms with van der Waals surface area (Å²) in [5.41, 5.74) is 6.84. The number of carboxylic acids is 1. The van der Waals surface area contributed by atoms with E-state index in [1.165, 1.54) is 33.1 Å². The van der Waals surface area contributed by atoms with Crippen LogP contribution in [0.3, 0.4) is 0 Å². The van der Waals surface area contributed by atoms with Gasteiger partial charge >= 0.3 is 5.97 Å². The molecular weight excluding hydrogens is 502 g/mol. The second kappa shape index (κ2) is 10.4. The third-order valence-corrected chi connectivity index (χ3v) is 9.07. The highest BCUT2D eigenvalue weighted by Crippen LogP contribution is 2.41. The van der Waals surface area contributed by atoms with E-state index in [9.17, 15) is 24.0 Å². The predicted molar refractivity (Wildman–Crippen MR) is 125 cm³/mol. The standard InChI is InChI=1S/C19H21N7O5S3/c1-25-19(22-23-24-25)33-8-11-7-32-17-14(16(28)26(17)15(11)18(29)30)21-13(27)9-34(31)12-5-3-2-4-10(12)6-20/h2-5,14,17H,6-9,20H2,1H3,(H,21,27)(H,29,30)/t14?,17-,34?/m1/s1. The van der Waals surface area contributed by atoms with Crippen molar-refractivity contribution in [3.05, 3.63) is 41.1 Å². The number of carbonyl (C=O) groups excluding carboxylic acids is 2. The summed E-state index contributed by atoms with van der Waals surface area (Å²) < 4.78 is 14.1. The number of aryl methyl sites for hydroxylation is 1. The fourth-order valence-corrected chi connectivity index (χ4v) is 7.08. The first kappa shape index (κ1) is 24.5. The molecule has 2 aromatic rings. The number of nitrogens with zero attached hydrogens (tertiary/aromatic N) is 5. The molecule has 0 radical (unpaired) electrons. The maximum atomic E-state index is 12.8. The van der Waals surface area contributed by atoms with Crippen molar-refractivity contribution in [3.8, 4) is 0 Å². The van der Waals surface area contributed by atoms with E-state index in [-0.39, 0.29) is 18.0 Å². The normalized spacial score (nSPS) is 20.6. The van der Waals surface area contributed by atoms with Crippen LogP contribution < -0.4 is 11.1 Å². The van der Waals surface area contributed by atoms with E-state index in [2.05, 4.69) is 20.8 Å². The second-order valence-corrected chi connectivity index (χ2v) is 10.9. The van der Waals surface area contributed by atoms with Crippen LogP contribution in [0.2, 0.25) is 0 Å². The Kier molecular flexibility index (Phi) is 7.47. The molecule has 0 spiro atoms. The van der Waals surface area contributed by atoms with Gasteiger partial charge in [-0.2, -0.15) is 0 Å². The molecule has 34 heavy (non-hydrogen) atoms. The summed E-state index contributed by atoms with van der Waals surface area (Å²) >= 11 is 1.01. The van der Waals surface area contributed by atoms with Crippen LogP contribution in [0, 0.1) is 0 Å². The van der Waals surface area contributed by atoms with E-state index in [4.69, 9.17) is 5.73 Å².